The van der Waals surface area contributed by atoms with E-state index in [0.717, 1.165) is 18.4 Å². The van der Waals surface area contributed by atoms with Gasteiger partial charge in [0.05, 0.1) is 18.9 Å². The monoisotopic (exact) mass is 251 g/mol. The zero-order valence-electron chi connectivity index (χ0n) is 10.2. The zero-order valence-corrected chi connectivity index (χ0v) is 10.2. The third-order valence-electron chi connectivity index (χ3n) is 2.32. The Balaban J connectivity index is 2.05. The Kier molecular flexibility index (Phi) is 3.71. The molecular weight excluding hydrogens is 237 g/mol. The van der Waals surface area contributed by atoms with Gasteiger partial charge in [0.1, 0.15) is 5.76 Å². The van der Waals surface area contributed by atoms with Crippen LogP contribution in [0.5, 0.6) is 0 Å². The summed E-state index contributed by atoms with van der Waals surface area (Å²) in [5, 5.41) is 5.56. The highest BCUT2D eigenvalue weighted by molar-refractivity contribution is 5.40. The van der Waals surface area contributed by atoms with Crippen LogP contribution >= 0.6 is 0 Å². The number of hydrogen-bond donors (Lipinski definition) is 2. The summed E-state index contributed by atoms with van der Waals surface area (Å²) in [6.45, 7) is 2.25. The van der Waals surface area contributed by atoms with Gasteiger partial charge in [-0.25, -0.2) is 14.4 Å². The molecule has 96 valence electrons. The predicted molar refractivity (Wildman–Crippen MR) is 64.7 cm³/mol. The minimum atomic E-state index is -0.517. The van der Waals surface area contributed by atoms with E-state index in [0.29, 0.717) is 11.8 Å². The Morgan fingerprint density at radius 2 is 2.17 bits per heavy atom. The van der Waals surface area contributed by atoms with Crippen molar-refractivity contribution in [1.82, 2.24) is 15.0 Å². The zero-order chi connectivity index (χ0) is 13.0. The predicted octanol–water partition coefficient (Wildman–Crippen LogP) is 1.82. The van der Waals surface area contributed by atoms with E-state index in [1.54, 1.807) is 13.2 Å². The Morgan fingerprint density at radius 3 is 2.83 bits per heavy atom. The van der Waals surface area contributed by atoms with E-state index in [1.807, 2.05) is 6.92 Å². The quantitative estimate of drug-likeness (QED) is 0.844. The van der Waals surface area contributed by atoms with Crippen LogP contribution in [0.1, 0.15) is 18.6 Å². The molecule has 0 atom stereocenters. The average Bonchev–Trinajstić information content (AvgIpc) is 2.86. The van der Waals surface area contributed by atoms with Crippen molar-refractivity contribution in [3.8, 4) is 0 Å². The van der Waals surface area contributed by atoms with Gasteiger partial charge in [0.2, 0.25) is 11.8 Å². The lowest BCUT2D eigenvalue weighted by Gasteiger charge is -2.05. The molecule has 2 heterocycles. The van der Waals surface area contributed by atoms with E-state index in [1.165, 1.54) is 0 Å². The summed E-state index contributed by atoms with van der Waals surface area (Å²) in [5.41, 5.74) is 0. The number of halogens is 1. The number of oxazole rings is 1. The number of rotatable bonds is 5. The summed E-state index contributed by atoms with van der Waals surface area (Å²) in [6, 6.07) is 0. The first-order chi connectivity index (χ1) is 8.72. The second-order valence-electron chi connectivity index (χ2n) is 3.57. The van der Waals surface area contributed by atoms with Crippen molar-refractivity contribution < 1.29 is 8.81 Å². The van der Waals surface area contributed by atoms with E-state index < -0.39 is 5.82 Å². The first kappa shape index (κ1) is 12.3. The van der Waals surface area contributed by atoms with Crippen molar-refractivity contribution in [2.24, 2.45) is 0 Å². The molecular formula is C11H14FN5O. The van der Waals surface area contributed by atoms with Crippen LogP contribution in [0.25, 0.3) is 0 Å². The molecule has 0 fully saturated rings. The van der Waals surface area contributed by atoms with Crippen LogP contribution in [0.2, 0.25) is 0 Å². The molecule has 0 spiro atoms. The number of anilines is 2. The number of nitrogens with one attached hydrogen (secondary N) is 2. The molecule has 0 aliphatic rings. The summed E-state index contributed by atoms with van der Waals surface area (Å²) in [5.74, 6) is 1.24. The highest BCUT2D eigenvalue weighted by Crippen LogP contribution is 2.13. The largest absolute Gasteiger partial charge is 0.444 e. The molecule has 6 nitrogen and oxygen atoms in total. The Bertz CT molecular complexity index is 528. The van der Waals surface area contributed by atoms with Gasteiger partial charge in [-0.05, 0) is 0 Å². The third kappa shape index (κ3) is 2.73. The van der Waals surface area contributed by atoms with Crippen molar-refractivity contribution in [3.63, 3.8) is 0 Å². The lowest BCUT2D eigenvalue weighted by atomic mass is 10.4. The van der Waals surface area contributed by atoms with Crippen molar-refractivity contribution in [3.05, 3.63) is 29.9 Å². The minimum absolute atomic E-state index is 0.116. The van der Waals surface area contributed by atoms with Crippen LogP contribution in [-0.2, 0) is 13.0 Å². The van der Waals surface area contributed by atoms with E-state index >= 15 is 0 Å². The van der Waals surface area contributed by atoms with Crippen molar-refractivity contribution in [2.75, 3.05) is 17.7 Å². The molecule has 2 N–H and O–H groups in total. The van der Waals surface area contributed by atoms with Crippen LogP contribution < -0.4 is 10.6 Å². The van der Waals surface area contributed by atoms with Crippen molar-refractivity contribution in [1.29, 1.82) is 0 Å². The van der Waals surface area contributed by atoms with E-state index in [9.17, 15) is 4.39 Å². The molecule has 0 bridgehead atoms. The standard InChI is InChI=1S/C11H14FN5O/c1-3-7-4-14-9(18-7)6-15-10-8(12)5-16-11(13-2)17-10/h4-5H,3,6H2,1-2H3,(H2,13,15,16,17). The number of hydrogen-bond acceptors (Lipinski definition) is 6. The van der Waals surface area contributed by atoms with E-state index in [-0.39, 0.29) is 12.4 Å². The second kappa shape index (κ2) is 5.44. The summed E-state index contributed by atoms with van der Waals surface area (Å²) < 4.78 is 18.8. The topological polar surface area (TPSA) is 75.9 Å². The summed E-state index contributed by atoms with van der Waals surface area (Å²) >= 11 is 0. The molecule has 2 aromatic rings. The molecule has 0 aromatic carbocycles. The van der Waals surface area contributed by atoms with Crippen LogP contribution in [0.15, 0.2) is 16.8 Å². The number of aryl methyl sites for hydroxylation is 1. The van der Waals surface area contributed by atoms with Gasteiger partial charge in [-0.15, -0.1) is 0 Å². The lowest BCUT2D eigenvalue weighted by Crippen LogP contribution is -2.06. The Labute approximate surface area is 104 Å². The maximum Gasteiger partial charge on any atom is 0.224 e. The summed E-state index contributed by atoms with van der Waals surface area (Å²) in [6.07, 6.45) is 3.54. The fourth-order valence-corrected chi connectivity index (χ4v) is 1.36. The summed E-state index contributed by atoms with van der Waals surface area (Å²) in [7, 11) is 1.67. The first-order valence-electron chi connectivity index (χ1n) is 5.60. The van der Waals surface area contributed by atoms with Crippen molar-refractivity contribution >= 4 is 11.8 Å². The van der Waals surface area contributed by atoms with Gasteiger partial charge < -0.3 is 15.1 Å². The highest BCUT2D eigenvalue weighted by atomic mass is 19.1. The normalized spacial score (nSPS) is 10.4. The van der Waals surface area contributed by atoms with Gasteiger partial charge in [0.25, 0.3) is 0 Å². The molecule has 2 aromatic heterocycles. The maximum atomic E-state index is 13.4. The summed E-state index contributed by atoms with van der Waals surface area (Å²) in [4.78, 5) is 11.8. The third-order valence-corrected chi connectivity index (χ3v) is 2.32. The van der Waals surface area contributed by atoms with Gasteiger partial charge in [-0.3, -0.25) is 0 Å². The first-order valence-corrected chi connectivity index (χ1v) is 5.60. The van der Waals surface area contributed by atoms with Gasteiger partial charge in [-0.1, -0.05) is 6.92 Å². The molecule has 2 rings (SSSR count). The van der Waals surface area contributed by atoms with Crippen LogP contribution in [-0.4, -0.2) is 22.0 Å². The number of aromatic nitrogens is 3. The second-order valence-corrected chi connectivity index (χ2v) is 3.57. The van der Waals surface area contributed by atoms with Crippen molar-refractivity contribution in [2.45, 2.75) is 19.9 Å². The highest BCUT2D eigenvalue weighted by Gasteiger charge is 2.08. The molecule has 0 aliphatic heterocycles. The van der Waals surface area contributed by atoms with Gasteiger partial charge >= 0.3 is 0 Å². The molecule has 0 radical (unpaired) electrons. The molecule has 0 saturated carbocycles. The van der Waals surface area contributed by atoms with Gasteiger partial charge in [-0.2, -0.15) is 4.98 Å². The molecule has 18 heavy (non-hydrogen) atoms. The van der Waals surface area contributed by atoms with E-state index in [2.05, 4.69) is 25.6 Å². The van der Waals surface area contributed by atoms with E-state index in [4.69, 9.17) is 4.42 Å². The Morgan fingerprint density at radius 1 is 1.33 bits per heavy atom. The SMILES string of the molecule is CCc1cnc(CNc2nc(NC)ncc2F)o1. The smallest absolute Gasteiger partial charge is 0.224 e. The van der Waals surface area contributed by atoms with Gasteiger partial charge in [0.15, 0.2) is 11.6 Å². The molecule has 0 saturated heterocycles. The molecule has 0 amide bonds. The average molecular weight is 251 g/mol. The fourth-order valence-electron chi connectivity index (χ4n) is 1.36. The number of nitrogens with zero attached hydrogens (tertiary/aromatic N) is 3. The molecule has 0 unspecified atom stereocenters. The minimum Gasteiger partial charge on any atom is -0.444 e. The lowest BCUT2D eigenvalue weighted by molar-refractivity contribution is 0.465. The van der Waals surface area contributed by atoms with Gasteiger partial charge in [0, 0.05) is 13.5 Å². The molecule has 7 heteroatoms. The van der Waals surface area contributed by atoms with Crippen LogP contribution in [0, 0.1) is 5.82 Å². The molecule has 0 aliphatic carbocycles. The Hall–Kier alpha value is -2.18. The maximum absolute atomic E-state index is 13.4. The van der Waals surface area contributed by atoms with Crippen LogP contribution in [0.3, 0.4) is 0 Å². The van der Waals surface area contributed by atoms with Crippen LogP contribution in [0.4, 0.5) is 16.2 Å². The fraction of sp³-hybridized carbons (Fsp3) is 0.364.